The summed E-state index contributed by atoms with van der Waals surface area (Å²) in [4.78, 5) is 13.4. The SMILES string of the molecule is C[NH+](C)C[C@H](NC(=O)/C=C/c1cccc(C(F)(F)F)c1)c1ccccc1. The summed E-state index contributed by atoms with van der Waals surface area (Å²) in [5.41, 5.74) is 0.567. The highest BCUT2D eigenvalue weighted by atomic mass is 19.4. The highest BCUT2D eigenvalue weighted by Gasteiger charge is 2.30. The topological polar surface area (TPSA) is 33.5 Å². The third kappa shape index (κ3) is 6.04. The Kier molecular flexibility index (Phi) is 6.58. The number of hydrogen-bond donors (Lipinski definition) is 2. The number of alkyl halides is 3. The van der Waals surface area contributed by atoms with Gasteiger partial charge in [-0.3, -0.25) is 4.79 Å². The lowest BCUT2D eigenvalue weighted by atomic mass is 10.1. The molecular formula is C20H22F3N2O+. The highest BCUT2D eigenvalue weighted by Crippen LogP contribution is 2.29. The summed E-state index contributed by atoms with van der Waals surface area (Å²) >= 11 is 0. The molecule has 0 radical (unpaired) electrons. The minimum Gasteiger partial charge on any atom is -0.340 e. The van der Waals surface area contributed by atoms with Gasteiger partial charge >= 0.3 is 6.18 Å². The average molecular weight is 363 g/mol. The Labute approximate surface area is 151 Å². The minimum absolute atomic E-state index is 0.181. The summed E-state index contributed by atoms with van der Waals surface area (Å²) in [6, 6.07) is 14.3. The van der Waals surface area contributed by atoms with E-state index in [9.17, 15) is 18.0 Å². The molecule has 0 aliphatic carbocycles. The Morgan fingerprint density at radius 1 is 1.12 bits per heavy atom. The fourth-order valence-corrected chi connectivity index (χ4v) is 2.56. The molecule has 0 heterocycles. The van der Waals surface area contributed by atoms with Gasteiger partial charge in [0.25, 0.3) is 0 Å². The molecule has 0 aromatic heterocycles. The average Bonchev–Trinajstić information content (AvgIpc) is 2.59. The number of quaternary nitrogens is 1. The van der Waals surface area contributed by atoms with E-state index in [0.29, 0.717) is 12.1 Å². The number of carbonyl (C=O) groups is 1. The highest BCUT2D eigenvalue weighted by molar-refractivity contribution is 5.92. The lowest BCUT2D eigenvalue weighted by Crippen LogP contribution is -3.06. The van der Waals surface area contributed by atoms with E-state index in [1.54, 1.807) is 0 Å². The van der Waals surface area contributed by atoms with Gasteiger partial charge in [0.1, 0.15) is 12.6 Å². The smallest absolute Gasteiger partial charge is 0.340 e. The zero-order chi connectivity index (χ0) is 19.2. The Morgan fingerprint density at radius 3 is 2.42 bits per heavy atom. The number of benzene rings is 2. The van der Waals surface area contributed by atoms with Crippen LogP contribution in [0.2, 0.25) is 0 Å². The van der Waals surface area contributed by atoms with Gasteiger partial charge < -0.3 is 10.2 Å². The normalized spacial score (nSPS) is 13.2. The van der Waals surface area contributed by atoms with E-state index < -0.39 is 11.7 Å². The van der Waals surface area contributed by atoms with Gasteiger partial charge in [-0.15, -0.1) is 0 Å². The molecule has 0 saturated heterocycles. The van der Waals surface area contributed by atoms with Crippen molar-refractivity contribution in [3.8, 4) is 0 Å². The van der Waals surface area contributed by atoms with E-state index >= 15 is 0 Å². The zero-order valence-electron chi connectivity index (χ0n) is 14.7. The van der Waals surface area contributed by atoms with Gasteiger partial charge in [0.2, 0.25) is 5.91 Å². The fourth-order valence-electron chi connectivity index (χ4n) is 2.56. The quantitative estimate of drug-likeness (QED) is 0.761. The standard InChI is InChI=1S/C20H21F3N2O/c1-25(2)14-18(16-8-4-3-5-9-16)24-19(26)12-11-15-7-6-10-17(13-15)20(21,22)23/h3-13,18H,14H2,1-2H3,(H,24,26)/p+1/b12-11+/t18-/m0/s1. The molecule has 2 N–H and O–H groups in total. The van der Waals surface area contributed by atoms with Crippen molar-refractivity contribution in [2.75, 3.05) is 20.6 Å². The Hall–Kier alpha value is -2.60. The summed E-state index contributed by atoms with van der Waals surface area (Å²) in [6.45, 7) is 0.688. The minimum atomic E-state index is -4.40. The predicted molar refractivity (Wildman–Crippen MR) is 95.5 cm³/mol. The molecule has 6 heteroatoms. The van der Waals surface area contributed by atoms with Gasteiger partial charge in [0.05, 0.1) is 19.7 Å². The number of nitrogens with one attached hydrogen (secondary N) is 2. The molecule has 0 spiro atoms. The first-order valence-corrected chi connectivity index (χ1v) is 8.25. The summed E-state index contributed by atoms with van der Waals surface area (Å²) in [7, 11) is 3.97. The lowest BCUT2D eigenvalue weighted by Gasteiger charge is -2.20. The van der Waals surface area contributed by atoms with Crippen LogP contribution in [0.4, 0.5) is 13.2 Å². The predicted octanol–water partition coefficient (Wildman–Crippen LogP) is 2.72. The molecule has 0 aliphatic heterocycles. The maximum atomic E-state index is 12.7. The molecule has 2 aromatic carbocycles. The molecule has 26 heavy (non-hydrogen) atoms. The number of hydrogen-bond acceptors (Lipinski definition) is 1. The molecule has 1 atom stereocenters. The van der Waals surface area contributed by atoms with Crippen molar-refractivity contribution in [2.24, 2.45) is 0 Å². The third-order valence-corrected chi connectivity index (χ3v) is 3.77. The second-order valence-corrected chi connectivity index (χ2v) is 6.34. The van der Waals surface area contributed by atoms with Crippen LogP contribution in [0, 0.1) is 0 Å². The molecule has 138 valence electrons. The van der Waals surface area contributed by atoms with Crippen molar-refractivity contribution in [1.82, 2.24) is 5.32 Å². The Balaban J connectivity index is 2.09. The molecule has 2 rings (SSSR count). The van der Waals surface area contributed by atoms with Crippen molar-refractivity contribution < 1.29 is 22.9 Å². The van der Waals surface area contributed by atoms with E-state index in [0.717, 1.165) is 17.7 Å². The first-order chi connectivity index (χ1) is 12.3. The second-order valence-electron chi connectivity index (χ2n) is 6.34. The van der Waals surface area contributed by atoms with Gasteiger partial charge in [0, 0.05) is 6.08 Å². The van der Waals surface area contributed by atoms with E-state index in [1.165, 1.54) is 29.2 Å². The van der Waals surface area contributed by atoms with Gasteiger partial charge in [-0.05, 0) is 29.3 Å². The molecule has 0 bridgehead atoms. The first-order valence-electron chi connectivity index (χ1n) is 8.25. The van der Waals surface area contributed by atoms with Crippen molar-refractivity contribution >= 4 is 12.0 Å². The van der Waals surface area contributed by atoms with Crippen LogP contribution in [0.15, 0.2) is 60.7 Å². The number of halogens is 3. The molecule has 2 aromatic rings. The largest absolute Gasteiger partial charge is 0.416 e. The van der Waals surface area contributed by atoms with E-state index in [1.807, 2.05) is 44.4 Å². The van der Waals surface area contributed by atoms with E-state index in [4.69, 9.17) is 0 Å². The van der Waals surface area contributed by atoms with Crippen molar-refractivity contribution in [3.05, 3.63) is 77.4 Å². The van der Waals surface area contributed by atoms with Crippen molar-refractivity contribution in [1.29, 1.82) is 0 Å². The van der Waals surface area contributed by atoms with Crippen molar-refractivity contribution in [2.45, 2.75) is 12.2 Å². The second kappa shape index (κ2) is 8.67. The number of likely N-dealkylation sites (N-methyl/N-ethyl adjacent to an activating group) is 1. The summed E-state index contributed by atoms with van der Waals surface area (Å²) in [5, 5.41) is 2.91. The summed E-state index contributed by atoms with van der Waals surface area (Å²) < 4.78 is 38.2. The summed E-state index contributed by atoms with van der Waals surface area (Å²) in [6.07, 6.45) is -1.76. The molecule has 0 aliphatic rings. The van der Waals surface area contributed by atoms with Crippen LogP contribution in [-0.2, 0) is 11.0 Å². The summed E-state index contributed by atoms with van der Waals surface area (Å²) in [5.74, 6) is -0.350. The van der Waals surface area contributed by atoms with Crippen LogP contribution in [0.1, 0.15) is 22.7 Å². The van der Waals surface area contributed by atoms with Gasteiger partial charge in [-0.25, -0.2) is 0 Å². The van der Waals surface area contributed by atoms with Gasteiger partial charge in [-0.1, -0.05) is 42.5 Å². The van der Waals surface area contributed by atoms with Crippen LogP contribution in [0.5, 0.6) is 0 Å². The van der Waals surface area contributed by atoms with Gasteiger partial charge in [-0.2, -0.15) is 13.2 Å². The van der Waals surface area contributed by atoms with E-state index in [-0.39, 0.29) is 11.9 Å². The molecule has 3 nitrogen and oxygen atoms in total. The van der Waals surface area contributed by atoms with Crippen LogP contribution in [0.3, 0.4) is 0 Å². The Bertz CT molecular complexity index is 755. The maximum Gasteiger partial charge on any atom is 0.416 e. The molecule has 0 unspecified atom stereocenters. The van der Waals surface area contributed by atoms with Crippen LogP contribution >= 0.6 is 0 Å². The van der Waals surface area contributed by atoms with E-state index in [2.05, 4.69) is 5.32 Å². The monoisotopic (exact) mass is 363 g/mol. The molecular weight excluding hydrogens is 341 g/mol. The third-order valence-electron chi connectivity index (χ3n) is 3.77. The Morgan fingerprint density at radius 2 is 1.81 bits per heavy atom. The molecule has 0 fully saturated rings. The molecule has 0 saturated carbocycles. The number of rotatable bonds is 6. The van der Waals surface area contributed by atoms with Crippen LogP contribution in [0.25, 0.3) is 6.08 Å². The zero-order valence-corrected chi connectivity index (χ0v) is 14.7. The number of amides is 1. The van der Waals surface area contributed by atoms with Gasteiger partial charge in [0.15, 0.2) is 0 Å². The first kappa shape index (κ1) is 19.7. The van der Waals surface area contributed by atoms with Crippen LogP contribution in [-0.4, -0.2) is 26.5 Å². The van der Waals surface area contributed by atoms with Crippen LogP contribution < -0.4 is 10.2 Å². The van der Waals surface area contributed by atoms with Crippen molar-refractivity contribution in [3.63, 3.8) is 0 Å². The number of carbonyl (C=O) groups excluding carboxylic acids is 1. The molecule has 1 amide bonds. The lowest BCUT2D eigenvalue weighted by molar-refractivity contribution is -0.860. The fraction of sp³-hybridized carbons (Fsp3) is 0.250. The maximum absolute atomic E-state index is 12.7.